The minimum absolute atomic E-state index is 0.0483. The summed E-state index contributed by atoms with van der Waals surface area (Å²) in [5.41, 5.74) is 5.42. The molecule has 0 spiro atoms. The van der Waals surface area contributed by atoms with Crippen LogP contribution in [0.3, 0.4) is 0 Å². The molecule has 1 aliphatic rings. The van der Waals surface area contributed by atoms with Crippen LogP contribution in [-0.2, 0) is 10.0 Å². The van der Waals surface area contributed by atoms with Gasteiger partial charge in [-0.1, -0.05) is 31.3 Å². The SMILES string of the molecule is CCC(CC(N)=NO)NS(=O)(=O)CC1CCCCC1. The summed E-state index contributed by atoms with van der Waals surface area (Å²) in [6.07, 6.45) is 6.31. The van der Waals surface area contributed by atoms with Gasteiger partial charge in [-0.2, -0.15) is 0 Å². The number of amidine groups is 1. The quantitative estimate of drug-likeness (QED) is 0.285. The molecule has 112 valence electrons. The Morgan fingerprint density at radius 1 is 1.42 bits per heavy atom. The van der Waals surface area contributed by atoms with Crippen molar-refractivity contribution in [2.24, 2.45) is 16.8 Å². The molecule has 1 unspecified atom stereocenters. The Hall–Kier alpha value is -0.820. The van der Waals surface area contributed by atoms with Crippen molar-refractivity contribution < 1.29 is 13.6 Å². The number of nitrogens with zero attached hydrogens (tertiary/aromatic N) is 1. The maximum Gasteiger partial charge on any atom is 0.212 e. The highest BCUT2D eigenvalue weighted by atomic mass is 32.2. The third kappa shape index (κ3) is 6.24. The minimum atomic E-state index is -3.29. The van der Waals surface area contributed by atoms with Crippen molar-refractivity contribution in [1.82, 2.24) is 4.72 Å². The number of nitrogens with two attached hydrogens (primary N) is 1. The zero-order valence-electron chi connectivity index (χ0n) is 11.5. The molecule has 1 saturated carbocycles. The lowest BCUT2D eigenvalue weighted by Gasteiger charge is -2.23. The van der Waals surface area contributed by atoms with Gasteiger partial charge < -0.3 is 10.9 Å². The van der Waals surface area contributed by atoms with Gasteiger partial charge in [0, 0.05) is 12.5 Å². The number of hydrogen-bond acceptors (Lipinski definition) is 4. The van der Waals surface area contributed by atoms with E-state index in [9.17, 15) is 8.42 Å². The molecule has 0 aromatic heterocycles. The van der Waals surface area contributed by atoms with Crippen molar-refractivity contribution in [3.05, 3.63) is 0 Å². The second kappa shape index (κ2) is 7.69. The summed E-state index contributed by atoms with van der Waals surface area (Å²) in [5.74, 6) is 0.513. The molecule has 19 heavy (non-hydrogen) atoms. The lowest BCUT2D eigenvalue weighted by molar-refractivity contribution is 0.316. The van der Waals surface area contributed by atoms with Gasteiger partial charge >= 0.3 is 0 Å². The number of nitrogens with one attached hydrogen (secondary N) is 1. The molecule has 1 rings (SSSR count). The van der Waals surface area contributed by atoms with E-state index in [0.29, 0.717) is 6.42 Å². The third-order valence-electron chi connectivity index (χ3n) is 3.60. The lowest BCUT2D eigenvalue weighted by atomic mass is 9.91. The predicted molar refractivity (Wildman–Crippen MR) is 75.6 cm³/mol. The highest BCUT2D eigenvalue weighted by molar-refractivity contribution is 7.89. The monoisotopic (exact) mass is 291 g/mol. The second-order valence-electron chi connectivity index (χ2n) is 5.30. The maximum absolute atomic E-state index is 12.1. The standard InChI is InChI=1S/C12H25N3O3S/c1-2-11(8-12(13)14-16)15-19(17,18)9-10-6-4-3-5-7-10/h10-11,15-16H,2-9H2,1H3,(H2,13,14). The highest BCUT2D eigenvalue weighted by Crippen LogP contribution is 2.24. The molecule has 0 aromatic rings. The number of hydrogen-bond donors (Lipinski definition) is 3. The Morgan fingerprint density at radius 2 is 2.05 bits per heavy atom. The summed E-state index contributed by atoms with van der Waals surface area (Å²) in [6, 6.07) is -0.301. The van der Waals surface area contributed by atoms with E-state index in [0.717, 1.165) is 25.7 Å². The van der Waals surface area contributed by atoms with E-state index in [-0.39, 0.29) is 30.0 Å². The van der Waals surface area contributed by atoms with Gasteiger partial charge in [0.05, 0.1) is 5.75 Å². The fourth-order valence-electron chi connectivity index (χ4n) is 2.53. The first-order valence-electron chi connectivity index (χ1n) is 6.93. The third-order valence-corrected chi connectivity index (χ3v) is 5.21. The van der Waals surface area contributed by atoms with Crippen LogP contribution in [0, 0.1) is 5.92 Å². The van der Waals surface area contributed by atoms with Crippen molar-refractivity contribution in [3.8, 4) is 0 Å². The van der Waals surface area contributed by atoms with Gasteiger partial charge in [0.15, 0.2) is 0 Å². The fourth-order valence-corrected chi connectivity index (χ4v) is 4.34. The summed E-state index contributed by atoms with van der Waals surface area (Å²) in [5, 5.41) is 11.4. The molecule has 0 aliphatic heterocycles. The molecule has 1 atom stereocenters. The van der Waals surface area contributed by atoms with Crippen LogP contribution in [0.5, 0.6) is 0 Å². The molecule has 0 bridgehead atoms. The first-order valence-corrected chi connectivity index (χ1v) is 8.58. The summed E-state index contributed by atoms with van der Waals surface area (Å²) >= 11 is 0. The molecule has 0 amide bonds. The van der Waals surface area contributed by atoms with E-state index < -0.39 is 10.0 Å². The zero-order chi connectivity index (χ0) is 14.3. The van der Waals surface area contributed by atoms with Crippen molar-refractivity contribution >= 4 is 15.9 Å². The van der Waals surface area contributed by atoms with Crippen LogP contribution in [0.25, 0.3) is 0 Å². The predicted octanol–water partition coefficient (Wildman–Crippen LogP) is 1.40. The normalized spacial score (nSPS) is 20.4. The van der Waals surface area contributed by atoms with Gasteiger partial charge in [0.1, 0.15) is 5.84 Å². The molecular formula is C12H25N3O3S. The molecule has 1 aliphatic carbocycles. The second-order valence-corrected chi connectivity index (χ2v) is 7.10. The van der Waals surface area contributed by atoms with Crippen LogP contribution in [0.2, 0.25) is 0 Å². The van der Waals surface area contributed by atoms with Crippen molar-refractivity contribution in [2.75, 3.05) is 5.75 Å². The Morgan fingerprint density at radius 3 is 2.58 bits per heavy atom. The first-order chi connectivity index (χ1) is 8.96. The van der Waals surface area contributed by atoms with Crippen LogP contribution in [0.1, 0.15) is 51.9 Å². The van der Waals surface area contributed by atoms with Crippen molar-refractivity contribution in [2.45, 2.75) is 57.9 Å². The van der Waals surface area contributed by atoms with Crippen LogP contribution in [-0.4, -0.2) is 31.3 Å². The molecule has 0 radical (unpaired) electrons. The Bertz CT molecular complexity index is 389. The van der Waals surface area contributed by atoms with Gasteiger partial charge in [-0.25, -0.2) is 13.1 Å². The van der Waals surface area contributed by atoms with Crippen LogP contribution < -0.4 is 10.5 Å². The zero-order valence-corrected chi connectivity index (χ0v) is 12.3. The van der Waals surface area contributed by atoms with E-state index >= 15 is 0 Å². The number of oxime groups is 1. The van der Waals surface area contributed by atoms with E-state index in [1.807, 2.05) is 6.92 Å². The van der Waals surface area contributed by atoms with Crippen LogP contribution >= 0.6 is 0 Å². The van der Waals surface area contributed by atoms with E-state index in [2.05, 4.69) is 9.88 Å². The van der Waals surface area contributed by atoms with Gasteiger partial charge in [-0.3, -0.25) is 0 Å². The summed E-state index contributed by atoms with van der Waals surface area (Å²) < 4.78 is 26.8. The van der Waals surface area contributed by atoms with Gasteiger partial charge in [-0.15, -0.1) is 0 Å². The Kier molecular flexibility index (Phi) is 6.57. The Balaban J connectivity index is 2.51. The van der Waals surface area contributed by atoms with Crippen molar-refractivity contribution in [3.63, 3.8) is 0 Å². The van der Waals surface area contributed by atoms with Crippen LogP contribution in [0.15, 0.2) is 5.16 Å². The largest absolute Gasteiger partial charge is 0.409 e. The van der Waals surface area contributed by atoms with Crippen molar-refractivity contribution in [1.29, 1.82) is 0 Å². The van der Waals surface area contributed by atoms with Crippen LogP contribution in [0.4, 0.5) is 0 Å². The van der Waals surface area contributed by atoms with Gasteiger partial charge in [0.25, 0.3) is 0 Å². The molecule has 0 heterocycles. The van der Waals surface area contributed by atoms with E-state index in [1.54, 1.807) is 0 Å². The maximum atomic E-state index is 12.1. The van der Waals surface area contributed by atoms with Gasteiger partial charge in [0.2, 0.25) is 10.0 Å². The Labute approximate surface area is 115 Å². The first kappa shape index (κ1) is 16.2. The number of sulfonamides is 1. The topological polar surface area (TPSA) is 105 Å². The molecular weight excluding hydrogens is 266 g/mol. The average molecular weight is 291 g/mol. The molecule has 7 heteroatoms. The molecule has 1 fully saturated rings. The van der Waals surface area contributed by atoms with E-state index in [4.69, 9.17) is 10.9 Å². The highest BCUT2D eigenvalue weighted by Gasteiger charge is 2.23. The molecule has 0 aromatic carbocycles. The average Bonchev–Trinajstić information content (AvgIpc) is 2.38. The van der Waals surface area contributed by atoms with E-state index in [1.165, 1.54) is 6.42 Å². The fraction of sp³-hybridized carbons (Fsp3) is 0.917. The summed E-state index contributed by atoms with van der Waals surface area (Å²) in [4.78, 5) is 0. The molecule has 6 nitrogen and oxygen atoms in total. The van der Waals surface area contributed by atoms with Gasteiger partial charge in [-0.05, 0) is 25.2 Å². The lowest BCUT2D eigenvalue weighted by Crippen LogP contribution is -2.40. The smallest absolute Gasteiger partial charge is 0.212 e. The minimum Gasteiger partial charge on any atom is -0.409 e. The molecule has 0 saturated heterocycles. The summed E-state index contributed by atoms with van der Waals surface area (Å²) in [7, 11) is -3.29. The number of rotatable bonds is 7. The molecule has 4 N–H and O–H groups in total. The summed E-state index contributed by atoms with van der Waals surface area (Å²) in [6.45, 7) is 1.87.